The Morgan fingerprint density at radius 1 is 1.20 bits per heavy atom. The van der Waals surface area contributed by atoms with Gasteiger partial charge in [-0.1, -0.05) is 0 Å². The Hall–Kier alpha value is -1.43. The fraction of sp³-hybridized carbons (Fsp3) is 0.429. The van der Waals surface area contributed by atoms with Crippen LogP contribution < -0.4 is 5.32 Å². The van der Waals surface area contributed by atoms with Crippen molar-refractivity contribution >= 4 is 33.5 Å². The second-order valence-corrected chi connectivity index (χ2v) is 5.86. The molecule has 0 heterocycles. The van der Waals surface area contributed by atoms with Gasteiger partial charge in [0, 0.05) is 11.6 Å². The van der Waals surface area contributed by atoms with Crippen molar-refractivity contribution in [3.63, 3.8) is 0 Å². The van der Waals surface area contributed by atoms with Crippen LogP contribution in [0.3, 0.4) is 0 Å². The molecule has 20 heavy (non-hydrogen) atoms. The number of halogens is 2. The first-order valence-electron chi connectivity index (χ1n) is 6.46. The zero-order valence-electron chi connectivity index (χ0n) is 10.7. The first kappa shape index (κ1) is 15.0. The summed E-state index contributed by atoms with van der Waals surface area (Å²) in [7, 11) is 0. The molecule has 0 bridgehead atoms. The van der Waals surface area contributed by atoms with Gasteiger partial charge in [-0.2, -0.15) is 0 Å². The minimum absolute atomic E-state index is 0.132. The summed E-state index contributed by atoms with van der Waals surface area (Å²) in [6.07, 6.45) is 2.21. The van der Waals surface area contributed by atoms with Crippen molar-refractivity contribution in [2.75, 3.05) is 5.32 Å². The molecule has 0 spiro atoms. The van der Waals surface area contributed by atoms with Crippen LogP contribution in [-0.2, 0) is 9.59 Å². The van der Waals surface area contributed by atoms with Crippen LogP contribution in [0.25, 0.3) is 0 Å². The Kier molecular flexibility index (Phi) is 4.75. The normalized spacial score (nSPS) is 22.3. The number of hydrogen-bond acceptors (Lipinski definition) is 2. The number of carbonyl (C=O) groups is 2. The van der Waals surface area contributed by atoms with Gasteiger partial charge in [0.15, 0.2) is 0 Å². The third kappa shape index (κ3) is 3.56. The van der Waals surface area contributed by atoms with E-state index in [-0.39, 0.29) is 23.6 Å². The van der Waals surface area contributed by atoms with E-state index in [1.54, 1.807) is 0 Å². The van der Waals surface area contributed by atoms with E-state index in [1.807, 2.05) is 0 Å². The largest absolute Gasteiger partial charge is 0.481 e. The molecule has 1 fully saturated rings. The summed E-state index contributed by atoms with van der Waals surface area (Å²) >= 11 is 3.06. The Morgan fingerprint density at radius 3 is 2.35 bits per heavy atom. The summed E-state index contributed by atoms with van der Waals surface area (Å²) in [6, 6.07) is 4.29. The van der Waals surface area contributed by atoms with Gasteiger partial charge >= 0.3 is 5.97 Å². The van der Waals surface area contributed by atoms with E-state index in [0.717, 1.165) is 0 Å². The maximum absolute atomic E-state index is 13.1. The van der Waals surface area contributed by atoms with Crippen molar-refractivity contribution in [1.82, 2.24) is 0 Å². The first-order chi connectivity index (χ1) is 9.47. The number of hydrogen-bond donors (Lipinski definition) is 2. The lowest BCUT2D eigenvalue weighted by Gasteiger charge is -2.25. The Morgan fingerprint density at radius 2 is 1.80 bits per heavy atom. The zero-order chi connectivity index (χ0) is 14.7. The Bertz CT molecular complexity index is 527. The number of aliphatic carboxylic acids is 1. The lowest BCUT2D eigenvalue weighted by Crippen LogP contribution is -2.29. The highest BCUT2D eigenvalue weighted by molar-refractivity contribution is 9.10. The van der Waals surface area contributed by atoms with E-state index in [1.165, 1.54) is 18.2 Å². The molecule has 0 saturated heterocycles. The van der Waals surface area contributed by atoms with E-state index in [2.05, 4.69) is 21.2 Å². The Labute approximate surface area is 124 Å². The van der Waals surface area contributed by atoms with Gasteiger partial charge in [-0.15, -0.1) is 0 Å². The molecule has 2 N–H and O–H groups in total. The fourth-order valence-electron chi connectivity index (χ4n) is 2.42. The summed E-state index contributed by atoms with van der Waals surface area (Å²) in [5.41, 5.74) is 0.531. The van der Waals surface area contributed by atoms with E-state index in [0.29, 0.717) is 35.8 Å². The predicted molar refractivity (Wildman–Crippen MR) is 75.8 cm³/mol. The van der Waals surface area contributed by atoms with Crippen LogP contribution in [0.2, 0.25) is 0 Å². The van der Waals surface area contributed by atoms with E-state index in [4.69, 9.17) is 5.11 Å². The summed E-state index contributed by atoms with van der Waals surface area (Å²) in [5, 5.41) is 11.7. The lowest BCUT2D eigenvalue weighted by molar-refractivity contribution is -0.143. The van der Waals surface area contributed by atoms with Gasteiger partial charge in [0.2, 0.25) is 5.91 Å². The number of carboxylic acids is 1. The number of carboxylic acid groups (broad SMARTS) is 1. The quantitative estimate of drug-likeness (QED) is 0.883. The van der Waals surface area contributed by atoms with Gasteiger partial charge in [0.25, 0.3) is 0 Å². The summed E-state index contributed by atoms with van der Waals surface area (Å²) in [4.78, 5) is 22.9. The monoisotopic (exact) mass is 343 g/mol. The number of anilines is 1. The third-order valence-corrected chi connectivity index (χ3v) is 4.24. The van der Waals surface area contributed by atoms with Crippen LogP contribution in [0.15, 0.2) is 22.7 Å². The number of amides is 1. The molecule has 1 aromatic rings. The predicted octanol–water partition coefficient (Wildman–Crippen LogP) is 3.42. The maximum Gasteiger partial charge on any atom is 0.306 e. The molecule has 6 heteroatoms. The van der Waals surface area contributed by atoms with E-state index in [9.17, 15) is 14.0 Å². The van der Waals surface area contributed by atoms with Crippen molar-refractivity contribution in [2.24, 2.45) is 11.8 Å². The number of nitrogens with one attached hydrogen (secondary N) is 1. The molecule has 1 saturated carbocycles. The number of benzene rings is 1. The average Bonchev–Trinajstić information content (AvgIpc) is 2.43. The molecule has 0 radical (unpaired) electrons. The molecule has 1 aromatic carbocycles. The molecular formula is C14H15BrFNO3. The second-order valence-electron chi connectivity index (χ2n) is 5.00. The maximum atomic E-state index is 13.1. The van der Waals surface area contributed by atoms with Crippen LogP contribution >= 0.6 is 15.9 Å². The van der Waals surface area contributed by atoms with Crippen molar-refractivity contribution in [1.29, 1.82) is 0 Å². The molecule has 4 nitrogen and oxygen atoms in total. The molecule has 1 aliphatic carbocycles. The Balaban J connectivity index is 1.92. The summed E-state index contributed by atoms with van der Waals surface area (Å²) in [5.74, 6) is -1.81. The van der Waals surface area contributed by atoms with Crippen LogP contribution in [-0.4, -0.2) is 17.0 Å². The van der Waals surface area contributed by atoms with Gasteiger partial charge in [-0.25, -0.2) is 4.39 Å². The van der Waals surface area contributed by atoms with Gasteiger partial charge in [0.05, 0.1) is 10.4 Å². The molecule has 1 aliphatic rings. The molecule has 0 aromatic heterocycles. The SMILES string of the molecule is O=C(O)C1CCC(C(=O)Nc2ccc(F)c(Br)c2)CC1. The molecule has 108 valence electrons. The number of carbonyl (C=O) groups excluding carboxylic acids is 1. The molecule has 0 unspecified atom stereocenters. The van der Waals surface area contributed by atoms with Crippen molar-refractivity contribution in [2.45, 2.75) is 25.7 Å². The highest BCUT2D eigenvalue weighted by Gasteiger charge is 2.29. The van der Waals surface area contributed by atoms with Crippen molar-refractivity contribution in [3.05, 3.63) is 28.5 Å². The van der Waals surface area contributed by atoms with Crippen molar-refractivity contribution < 1.29 is 19.1 Å². The van der Waals surface area contributed by atoms with Gasteiger partial charge in [-0.3, -0.25) is 9.59 Å². The molecule has 0 atom stereocenters. The van der Waals surface area contributed by atoms with Gasteiger partial charge in [0.1, 0.15) is 5.82 Å². The second kappa shape index (κ2) is 6.35. The summed E-state index contributed by atoms with van der Waals surface area (Å²) in [6.45, 7) is 0. The van der Waals surface area contributed by atoms with Crippen molar-refractivity contribution in [3.8, 4) is 0 Å². The minimum atomic E-state index is -0.786. The van der Waals surface area contributed by atoms with E-state index < -0.39 is 5.97 Å². The van der Waals surface area contributed by atoms with Crippen LogP contribution in [0, 0.1) is 17.7 Å². The zero-order valence-corrected chi connectivity index (χ0v) is 12.3. The molecule has 0 aliphatic heterocycles. The first-order valence-corrected chi connectivity index (χ1v) is 7.25. The van der Waals surface area contributed by atoms with Crippen LogP contribution in [0.1, 0.15) is 25.7 Å². The third-order valence-electron chi connectivity index (χ3n) is 3.63. The minimum Gasteiger partial charge on any atom is -0.481 e. The highest BCUT2D eigenvalue weighted by atomic mass is 79.9. The molecule has 1 amide bonds. The topological polar surface area (TPSA) is 66.4 Å². The standard InChI is InChI=1S/C14H15BrFNO3/c15-11-7-10(5-6-12(11)16)17-13(18)8-1-3-9(4-2-8)14(19)20/h5-9H,1-4H2,(H,17,18)(H,19,20). The van der Waals surface area contributed by atoms with E-state index >= 15 is 0 Å². The average molecular weight is 344 g/mol. The van der Waals surface area contributed by atoms with Gasteiger partial charge in [-0.05, 0) is 59.8 Å². The van der Waals surface area contributed by atoms with Crippen LogP contribution in [0.4, 0.5) is 10.1 Å². The fourth-order valence-corrected chi connectivity index (χ4v) is 2.80. The van der Waals surface area contributed by atoms with Crippen LogP contribution in [0.5, 0.6) is 0 Å². The summed E-state index contributed by atoms with van der Waals surface area (Å²) < 4.78 is 13.4. The van der Waals surface area contributed by atoms with Gasteiger partial charge < -0.3 is 10.4 Å². The molecule has 2 rings (SSSR count). The smallest absolute Gasteiger partial charge is 0.306 e. The number of rotatable bonds is 3. The highest BCUT2D eigenvalue weighted by Crippen LogP contribution is 2.30. The lowest BCUT2D eigenvalue weighted by atomic mass is 9.81. The molecular weight excluding hydrogens is 329 g/mol.